The number of hydrogen-bond donors (Lipinski definition) is 1. The smallest absolute Gasteiger partial charge is 0.306 e. The van der Waals surface area contributed by atoms with Crippen molar-refractivity contribution in [3.63, 3.8) is 0 Å². The molecule has 0 aromatic heterocycles. The van der Waals surface area contributed by atoms with Gasteiger partial charge in [0.25, 0.3) is 0 Å². The first-order chi connectivity index (χ1) is 8.74. The third-order valence-electron chi connectivity index (χ3n) is 5.82. The highest BCUT2D eigenvalue weighted by atomic mass is 16.5. The van der Waals surface area contributed by atoms with E-state index in [-0.39, 0.29) is 37.1 Å². The second-order valence-corrected chi connectivity index (χ2v) is 6.75. The Balaban J connectivity index is 2.24. The normalized spacial score (nSPS) is 49.3. The molecule has 1 saturated carbocycles. The molecule has 1 saturated heterocycles. The van der Waals surface area contributed by atoms with E-state index >= 15 is 0 Å². The van der Waals surface area contributed by atoms with E-state index in [1.54, 1.807) is 6.92 Å². The largest absolute Gasteiger partial charge is 0.465 e. The third-order valence-corrected chi connectivity index (χ3v) is 5.82. The van der Waals surface area contributed by atoms with E-state index in [4.69, 9.17) is 4.74 Å². The number of hydrogen-bond acceptors (Lipinski definition) is 4. The van der Waals surface area contributed by atoms with E-state index in [0.717, 1.165) is 12.0 Å². The van der Waals surface area contributed by atoms with E-state index in [9.17, 15) is 14.7 Å². The predicted octanol–water partition coefficient (Wildman–Crippen LogP) is 1.62. The van der Waals surface area contributed by atoms with E-state index in [2.05, 4.69) is 13.0 Å². The fourth-order valence-corrected chi connectivity index (χ4v) is 4.15. The number of carbonyl (C=O) groups excluding carboxylic acids is 2. The minimum absolute atomic E-state index is 0.0882. The summed E-state index contributed by atoms with van der Waals surface area (Å²) in [6.45, 7) is 5.57. The van der Waals surface area contributed by atoms with Crippen LogP contribution in [0.4, 0.5) is 0 Å². The Kier molecular flexibility index (Phi) is 2.35. The fraction of sp³-hybridized carbons (Fsp3) is 0.733. The van der Waals surface area contributed by atoms with Gasteiger partial charge in [0.15, 0.2) is 5.78 Å². The molecule has 1 aliphatic heterocycles. The minimum atomic E-state index is -1.46. The minimum Gasteiger partial charge on any atom is -0.465 e. The number of esters is 1. The van der Waals surface area contributed by atoms with Crippen LogP contribution in [0, 0.1) is 16.7 Å². The van der Waals surface area contributed by atoms with Gasteiger partial charge in [0.05, 0.1) is 11.8 Å². The summed E-state index contributed by atoms with van der Waals surface area (Å²) in [6, 6.07) is 0. The lowest BCUT2D eigenvalue weighted by Gasteiger charge is -2.52. The lowest BCUT2D eigenvalue weighted by Crippen LogP contribution is -2.60. The van der Waals surface area contributed by atoms with Gasteiger partial charge in [-0.25, -0.2) is 0 Å². The number of Topliss-reactive ketones (excluding diaryl/α,β-unsaturated/α-hetero) is 1. The molecule has 0 aromatic rings. The molecule has 4 nitrogen and oxygen atoms in total. The van der Waals surface area contributed by atoms with Gasteiger partial charge in [-0.15, -0.1) is 0 Å². The molecule has 1 N–H and O–H groups in total. The van der Waals surface area contributed by atoms with Crippen molar-refractivity contribution in [1.82, 2.24) is 0 Å². The molecule has 3 aliphatic rings. The van der Waals surface area contributed by atoms with Crippen LogP contribution in [0.2, 0.25) is 0 Å². The molecule has 3 rings (SSSR count). The van der Waals surface area contributed by atoms with Gasteiger partial charge in [0.2, 0.25) is 0 Å². The van der Waals surface area contributed by atoms with Crippen LogP contribution in [-0.4, -0.2) is 29.1 Å². The standard InChI is InChI=1S/C15H20O4/c1-9-4-5-10-13(2)8-19-12(17)7-15(9,10)6-11(16)14(13,3)18/h5,9,18H,4,6-8H2,1-3H3/t9?,13-,14-,15?/m0/s1. The Hall–Kier alpha value is -1.16. The maximum atomic E-state index is 12.4. The van der Waals surface area contributed by atoms with Gasteiger partial charge in [0, 0.05) is 11.8 Å². The average molecular weight is 264 g/mol. The highest BCUT2D eigenvalue weighted by Crippen LogP contribution is 2.63. The maximum absolute atomic E-state index is 12.4. The first-order valence-electron chi connectivity index (χ1n) is 6.86. The lowest BCUT2D eigenvalue weighted by atomic mass is 9.51. The van der Waals surface area contributed by atoms with Crippen LogP contribution < -0.4 is 0 Å². The van der Waals surface area contributed by atoms with E-state index in [1.165, 1.54) is 0 Å². The molecule has 2 aliphatic carbocycles. The summed E-state index contributed by atoms with van der Waals surface area (Å²) in [5, 5.41) is 10.7. The van der Waals surface area contributed by atoms with Gasteiger partial charge < -0.3 is 9.84 Å². The summed E-state index contributed by atoms with van der Waals surface area (Å²) >= 11 is 0. The van der Waals surface area contributed by atoms with Gasteiger partial charge in [-0.05, 0) is 26.2 Å². The van der Waals surface area contributed by atoms with Crippen molar-refractivity contribution in [2.75, 3.05) is 6.61 Å². The predicted molar refractivity (Wildman–Crippen MR) is 68.2 cm³/mol. The zero-order valence-electron chi connectivity index (χ0n) is 11.7. The Morgan fingerprint density at radius 3 is 2.68 bits per heavy atom. The van der Waals surface area contributed by atoms with Crippen molar-refractivity contribution < 1.29 is 19.4 Å². The first-order valence-corrected chi connectivity index (χ1v) is 6.86. The van der Waals surface area contributed by atoms with Crippen molar-refractivity contribution in [3.05, 3.63) is 11.6 Å². The topological polar surface area (TPSA) is 63.6 Å². The molecule has 4 atom stereocenters. The Morgan fingerprint density at radius 1 is 1.32 bits per heavy atom. The summed E-state index contributed by atoms with van der Waals surface area (Å²) in [6.07, 6.45) is 3.49. The Morgan fingerprint density at radius 2 is 2.00 bits per heavy atom. The molecule has 2 fully saturated rings. The van der Waals surface area contributed by atoms with Crippen molar-refractivity contribution in [2.24, 2.45) is 16.7 Å². The molecule has 0 radical (unpaired) electrons. The molecule has 0 amide bonds. The number of rotatable bonds is 0. The molecule has 0 aromatic carbocycles. The second-order valence-electron chi connectivity index (χ2n) is 6.75. The van der Waals surface area contributed by atoms with E-state index < -0.39 is 16.4 Å². The molecule has 1 heterocycles. The summed E-state index contributed by atoms with van der Waals surface area (Å²) < 4.78 is 5.29. The molecule has 0 spiro atoms. The van der Waals surface area contributed by atoms with Crippen LogP contribution in [0.15, 0.2) is 11.6 Å². The van der Waals surface area contributed by atoms with Gasteiger partial charge >= 0.3 is 5.97 Å². The number of allylic oxidation sites excluding steroid dienone is 1. The fourth-order valence-electron chi connectivity index (χ4n) is 4.15. The number of aliphatic hydroxyl groups is 1. The average Bonchev–Trinajstić information content (AvgIpc) is 2.58. The SMILES string of the molecule is CC1CC=C2C13CC(=O)OC[C@]2(C)[C@@](C)(O)C(=O)C3. The van der Waals surface area contributed by atoms with Crippen molar-refractivity contribution in [1.29, 1.82) is 0 Å². The van der Waals surface area contributed by atoms with Gasteiger partial charge in [-0.3, -0.25) is 9.59 Å². The molecular weight excluding hydrogens is 244 g/mol. The maximum Gasteiger partial charge on any atom is 0.306 e. The number of ketones is 1. The van der Waals surface area contributed by atoms with Crippen molar-refractivity contribution in [2.45, 2.75) is 45.6 Å². The summed E-state index contributed by atoms with van der Waals surface area (Å²) in [5.74, 6) is -0.180. The van der Waals surface area contributed by atoms with Crippen LogP contribution in [0.3, 0.4) is 0 Å². The van der Waals surface area contributed by atoms with Crippen LogP contribution in [0.1, 0.15) is 40.0 Å². The monoisotopic (exact) mass is 264 g/mol. The summed E-state index contributed by atoms with van der Waals surface area (Å²) in [7, 11) is 0. The van der Waals surface area contributed by atoms with Crippen molar-refractivity contribution in [3.8, 4) is 0 Å². The summed E-state index contributed by atoms with van der Waals surface area (Å²) in [4.78, 5) is 24.4. The van der Waals surface area contributed by atoms with E-state index in [0.29, 0.717) is 0 Å². The quantitative estimate of drug-likeness (QED) is 0.533. The van der Waals surface area contributed by atoms with Gasteiger partial charge in [0.1, 0.15) is 12.2 Å². The lowest BCUT2D eigenvalue weighted by molar-refractivity contribution is -0.161. The Bertz CT molecular complexity index is 504. The van der Waals surface area contributed by atoms with Crippen LogP contribution >= 0.6 is 0 Å². The van der Waals surface area contributed by atoms with Crippen molar-refractivity contribution >= 4 is 11.8 Å². The molecule has 104 valence electrons. The zero-order chi connectivity index (χ0) is 14.1. The second kappa shape index (κ2) is 3.48. The van der Waals surface area contributed by atoms with Gasteiger partial charge in [-0.1, -0.05) is 18.6 Å². The molecular formula is C15H20O4. The number of ether oxygens (including phenoxy) is 1. The molecule has 19 heavy (non-hydrogen) atoms. The summed E-state index contributed by atoms with van der Waals surface area (Å²) in [5.41, 5.74) is -1.62. The molecule has 2 bridgehead atoms. The van der Waals surface area contributed by atoms with Crippen LogP contribution in [0.5, 0.6) is 0 Å². The van der Waals surface area contributed by atoms with Crippen LogP contribution in [-0.2, 0) is 14.3 Å². The zero-order valence-corrected chi connectivity index (χ0v) is 11.7. The highest BCUT2D eigenvalue weighted by Gasteiger charge is 2.66. The highest BCUT2D eigenvalue weighted by molar-refractivity contribution is 5.92. The molecule has 4 heteroatoms. The van der Waals surface area contributed by atoms with Gasteiger partial charge in [-0.2, -0.15) is 0 Å². The molecule has 2 unspecified atom stereocenters. The number of carbonyl (C=O) groups is 2. The number of cyclic esters (lactones) is 1. The third kappa shape index (κ3) is 1.33. The first kappa shape index (κ1) is 12.9. The van der Waals surface area contributed by atoms with E-state index in [1.807, 2.05) is 6.92 Å². The van der Waals surface area contributed by atoms with Crippen LogP contribution in [0.25, 0.3) is 0 Å². The Labute approximate surface area is 112 Å².